The van der Waals surface area contributed by atoms with Crippen LogP contribution in [-0.2, 0) is 6.54 Å². The van der Waals surface area contributed by atoms with E-state index in [0.717, 1.165) is 25.7 Å². The van der Waals surface area contributed by atoms with Crippen LogP contribution in [0.1, 0.15) is 51.7 Å². The molecule has 0 aromatic heterocycles. The Bertz CT molecular complexity index is 437. The van der Waals surface area contributed by atoms with Crippen molar-refractivity contribution < 1.29 is 0 Å². The summed E-state index contributed by atoms with van der Waals surface area (Å²) in [5.74, 6) is 1.38. The highest BCUT2D eigenvalue weighted by molar-refractivity contribution is 5.55. The summed E-state index contributed by atoms with van der Waals surface area (Å²) in [4.78, 5) is 2.58. The molecule has 0 amide bonds. The van der Waals surface area contributed by atoms with E-state index in [2.05, 4.69) is 63.0 Å². The minimum absolute atomic E-state index is 0.689. The Kier molecular flexibility index (Phi) is 5.69. The average Bonchev–Trinajstić information content (AvgIpc) is 3.18. The quantitative estimate of drug-likeness (QED) is 0.764. The van der Waals surface area contributed by atoms with Crippen LogP contribution in [0.4, 0.5) is 5.69 Å². The zero-order valence-corrected chi connectivity index (χ0v) is 14.4. The van der Waals surface area contributed by atoms with Crippen molar-refractivity contribution in [1.82, 2.24) is 5.32 Å². The standard InChI is InChI=1S/C19H32N2/c1-14(2)12-21(13-15(3)4)19-9-6-16(5)10-17(19)11-20-18-7-8-18/h6,9-10,14-15,18,20H,7-8,11-13H2,1-5H3. The molecule has 2 rings (SSSR count). The van der Waals surface area contributed by atoms with Gasteiger partial charge in [-0.25, -0.2) is 0 Å². The van der Waals surface area contributed by atoms with Crippen LogP contribution in [0.25, 0.3) is 0 Å². The molecule has 0 atom stereocenters. The Hall–Kier alpha value is -1.02. The van der Waals surface area contributed by atoms with Crippen molar-refractivity contribution in [1.29, 1.82) is 0 Å². The van der Waals surface area contributed by atoms with E-state index >= 15 is 0 Å². The number of nitrogens with zero attached hydrogens (tertiary/aromatic N) is 1. The van der Waals surface area contributed by atoms with Crippen LogP contribution < -0.4 is 10.2 Å². The van der Waals surface area contributed by atoms with Gasteiger partial charge in [-0.3, -0.25) is 0 Å². The Morgan fingerprint density at radius 3 is 2.24 bits per heavy atom. The van der Waals surface area contributed by atoms with Crippen molar-refractivity contribution in [2.75, 3.05) is 18.0 Å². The van der Waals surface area contributed by atoms with Gasteiger partial charge in [0.25, 0.3) is 0 Å². The molecule has 0 saturated heterocycles. The highest BCUT2D eigenvalue weighted by Crippen LogP contribution is 2.26. The molecule has 1 saturated carbocycles. The maximum Gasteiger partial charge on any atom is 0.0412 e. The fraction of sp³-hybridized carbons (Fsp3) is 0.684. The van der Waals surface area contributed by atoms with Gasteiger partial charge in [0.05, 0.1) is 0 Å². The first-order valence-electron chi connectivity index (χ1n) is 8.53. The first-order valence-corrected chi connectivity index (χ1v) is 8.53. The zero-order valence-electron chi connectivity index (χ0n) is 14.4. The number of aryl methyl sites for hydroxylation is 1. The summed E-state index contributed by atoms with van der Waals surface area (Å²) < 4.78 is 0. The molecule has 0 aliphatic heterocycles. The normalized spacial score (nSPS) is 15.0. The third-order valence-electron chi connectivity index (χ3n) is 3.91. The van der Waals surface area contributed by atoms with Crippen LogP contribution in [0.2, 0.25) is 0 Å². The van der Waals surface area contributed by atoms with Crippen molar-refractivity contribution in [3.63, 3.8) is 0 Å². The van der Waals surface area contributed by atoms with Gasteiger partial charge >= 0.3 is 0 Å². The summed E-state index contributed by atoms with van der Waals surface area (Å²) in [7, 11) is 0. The molecule has 0 unspecified atom stereocenters. The number of nitrogens with one attached hydrogen (secondary N) is 1. The van der Waals surface area contributed by atoms with E-state index in [0.29, 0.717) is 11.8 Å². The van der Waals surface area contributed by atoms with Crippen molar-refractivity contribution in [2.24, 2.45) is 11.8 Å². The van der Waals surface area contributed by atoms with Gasteiger partial charge in [-0.15, -0.1) is 0 Å². The zero-order chi connectivity index (χ0) is 15.4. The maximum absolute atomic E-state index is 3.68. The molecule has 2 nitrogen and oxygen atoms in total. The largest absolute Gasteiger partial charge is 0.371 e. The number of benzene rings is 1. The van der Waals surface area contributed by atoms with Gasteiger partial charge in [0.1, 0.15) is 0 Å². The second kappa shape index (κ2) is 7.31. The molecule has 0 radical (unpaired) electrons. The van der Waals surface area contributed by atoms with Gasteiger partial charge < -0.3 is 10.2 Å². The molecule has 118 valence electrons. The third-order valence-corrected chi connectivity index (χ3v) is 3.91. The van der Waals surface area contributed by atoms with Crippen LogP contribution in [0.5, 0.6) is 0 Å². The third kappa shape index (κ3) is 5.35. The average molecular weight is 288 g/mol. The maximum atomic E-state index is 3.68. The molecule has 1 aromatic carbocycles. The lowest BCUT2D eigenvalue weighted by Gasteiger charge is -2.31. The highest BCUT2D eigenvalue weighted by atomic mass is 15.1. The summed E-state index contributed by atoms with van der Waals surface area (Å²) in [5.41, 5.74) is 4.25. The number of rotatable bonds is 8. The summed E-state index contributed by atoms with van der Waals surface area (Å²) in [6.45, 7) is 14.7. The van der Waals surface area contributed by atoms with Crippen LogP contribution in [0, 0.1) is 18.8 Å². The number of hydrogen-bond acceptors (Lipinski definition) is 2. The van der Waals surface area contributed by atoms with Crippen molar-refractivity contribution in [3.8, 4) is 0 Å². The first kappa shape index (κ1) is 16.4. The molecule has 0 bridgehead atoms. The monoisotopic (exact) mass is 288 g/mol. The Morgan fingerprint density at radius 1 is 1.10 bits per heavy atom. The molecule has 1 aliphatic carbocycles. The fourth-order valence-electron chi connectivity index (χ4n) is 2.86. The van der Waals surface area contributed by atoms with E-state index in [1.165, 1.54) is 29.7 Å². The van der Waals surface area contributed by atoms with E-state index < -0.39 is 0 Å². The molecule has 0 heterocycles. The second-order valence-electron chi connectivity index (χ2n) is 7.48. The molecule has 2 heteroatoms. The minimum atomic E-state index is 0.689. The Labute approximate surface area is 130 Å². The Morgan fingerprint density at radius 2 is 1.71 bits per heavy atom. The molecule has 21 heavy (non-hydrogen) atoms. The van der Waals surface area contributed by atoms with Gasteiger partial charge in [0.2, 0.25) is 0 Å². The van der Waals surface area contributed by atoms with Crippen LogP contribution in [0.15, 0.2) is 18.2 Å². The summed E-state index contributed by atoms with van der Waals surface area (Å²) in [6, 6.07) is 7.70. The van der Waals surface area contributed by atoms with Crippen LogP contribution >= 0.6 is 0 Å². The first-order chi connectivity index (χ1) is 9.95. The van der Waals surface area contributed by atoms with Gasteiger partial charge in [0, 0.05) is 31.4 Å². The van der Waals surface area contributed by atoms with Crippen molar-refractivity contribution >= 4 is 5.69 Å². The molecule has 1 aromatic rings. The molecular formula is C19H32N2. The van der Waals surface area contributed by atoms with Crippen LogP contribution in [0.3, 0.4) is 0 Å². The lowest BCUT2D eigenvalue weighted by Crippen LogP contribution is -2.32. The number of hydrogen-bond donors (Lipinski definition) is 1. The van der Waals surface area contributed by atoms with E-state index in [1.54, 1.807) is 0 Å². The lowest BCUT2D eigenvalue weighted by molar-refractivity contribution is 0.550. The van der Waals surface area contributed by atoms with Gasteiger partial charge in [-0.1, -0.05) is 45.4 Å². The molecular weight excluding hydrogens is 256 g/mol. The predicted octanol–water partition coefficient (Wildman–Crippen LogP) is 4.37. The molecule has 1 N–H and O–H groups in total. The lowest BCUT2D eigenvalue weighted by atomic mass is 10.0. The van der Waals surface area contributed by atoms with E-state index in [9.17, 15) is 0 Å². The molecule has 1 aliphatic rings. The molecule has 0 spiro atoms. The van der Waals surface area contributed by atoms with Crippen molar-refractivity contribution in [2.45, 2.75) is 60.0 Å². The van der Waals surface area contributed by atoms with Crippen molar-refractivity contribution in [3.05, 3.63) is 29.3 Å². The van der Waals surface area contributed by atoms with Gasteiger partial charge in [0.15, 0.2) is 0 Å². The SMILES string of the molecule is Cc1ccc(N(CC(C)C)CC(C)C)c(CNC2CC2)c1. The fourth-order valence-corrected chi connectivity index (χ4v) is 2.86. The smallest absolute Gasteiger partial charge is 0.0412 e. The van der Waals surface area contributed by atoms with Gasteiger partial charge in [-0.2, -0.15) is 0 Å². The Balaban J connectivity index is 2.19. The minimum Gasteiger partial charge on any atom is -0.371 e. The van der Waals surface area contributed by atoms with E-state index in [4.69, 9.17) is 0 Å². The summed E-state index contributed by atoms with van der Waals surface area (Å²) in [5, 5.41) is 3.68. The summed E-state index contributed by atoms with van der Waals surface area (Å²) >= 11 is 0. The highest BCUT2D eigenvalue weighted by Gasteiger charge is 2.21. The number of anilines is 1. The van der Waals surface area contributed by atoms with E-state index in [1.807, 2.05) is 0 Å². The van der Waals surface area contributed by atoms with Crippen LogP contribution in [-0.4, -0.2) is 19.1 Å². The van der Waals surface area contributed by atoms with Gasteiger partial charge in [-0.05, 0) is 43.2 Å². The predicted molar refractivity (Wildman–Crippen MR) is 92.9 cm³/mol. The second-order valence-corrected chi connectivity index (χ2v) is 7.48. The summed E-state index contributed by atoms with van der Waals surface area (Å²) in [6.07, 6.45) is 2.70. The van der Waals surface area contributed by atoms with E-state index in [-0.39, 0.29) is 0 Å². The molecule has 1 fully saturated rings. The topological polar surface area (TPSA) is 15.3 Å².